The molecule has 2 heteroatoms. The summed E-state index contributed by atoms with van der Waals surface area (Å²) >= 11 is 1.86. The minimum atomic E-state index is 1.11. The van der Waals surface area contributed by atoms with Crippen LogP contribution in [0.4, 0.5) is 17.1 Å². The lowest BCUT2D eigenvalue weighted by Crippen LogP contribution is -2.09. The molecule has 50 heavy (non-hydrogen) atoms. The fourth-order valence-electron chi connectivity index (χ4n) is 7.08. The Hall–Kier alpha value is -6.22. The molecule has 0 saturated heterocycles. The van der Waals surface area contributed by atoms with Gasteiger partial charge in [-0.05, 0) is 99.1 Å². The first-order valence-electron chi connectivity index (χ1n) is 17.0. The number of rotatable bonds is 7. The van der Waals surface area contributed by atoms with Gasteiger partial charge in [-0.2, -0.15) is 0 Å². The van der Waals surface area contributed by atoms with E-state index < -0.39 is 0 Å². The molecule has 0 fully saturated rings. The molecule has 0 amide bonds. The molecular weight excluding hydrogens is 623 g/mol. The zero-order chi connectivity index (χ0) is 33.3. The van der Waals surface area contributed by atoms with Crippen molar-refractivity contribution in [3.63, 3.8) is 0 Å². The average molecular weight is 656 g/mol. The number of thiophene rings is 1. The molecule has 1 nitrogen and oxygen atoms in total. The highest BCUT2D eigenvalue weighted by Crippen LogP contribution is 2.42. The van der Waals surface area contributed by atoms with Crippen LogP contribution in [0.2, 0.25) is 0 Å². The molecule has 0 spiro atoms. The summed E-state index contributed by atoms with van der Waals surface area (Å²) in [4.78, 5) is 2.34. The van der Waals surface area contributed by atoms with Gasteiger partial charge in [0.2, 0.25) is 0 Å². The molecule has 0 aliphatic heterocycles. The van der Waals surface area contributed by atoms with Gasteiger partial charge in [-0.25, -0.2) is 0 Å². The first-order valence-corrected chi connectivity index (χ1v) is 17.8. The van der Waals surface area contributed by atoms with Gasteiger partial charge in [0, 0.05) is 37.2 Å². The largest absolute Gasteiger partial charge is 0.311 e. The molecule has 9 rings (SSSR count). The van der Waals surface area contributed by atoms with Gasteiger partial charge in [-0.1, -0.05) is 146 Å². The molecule has 0 unspecified atom stereocenters. The summed E-state index contributed by atoms with van der Waals surface area (Å²) in [6.07, 6.45) is 0. The van der Waals surface area contributed by atoms with Crippen LogP contribution >= 0.6 is 11.3 Å². The third-order valence-electron chi connectivity index (χ3n) is 9.50. The van der Waals surface area contributed by atoms with E-state index in [1.54, 1.807) is 0 Å². The summed E-state index contributed by atoms with van der Waals surface area (Å²) in [5.74, 6) is 0. The van der Waals surface area contributed by atoms with Crippen molar-refractivity contribution in [3.8, 4) is 44.5 Å². The number of hydrogen-bond donors (Lipinski definition) is 0. The fourth-order valence-corrected chi connectivity index (χ4v) is 8.21. The maximum atomic E-state index is 2.34. The Morgan fingerprint density at radius 1 is 0.300 bits per heavy atom. The van der Waals surface area contributed by atoms with Crippen molar-refractivity contribution in [1.82, 2.24) is 0 Å². The first kappa shape index (κ1) is 29.9. The van der Waals surface area contributed by atoms with E-state index in [1.165, 1.54) is 64.7 Å². The lowest BCUT2D eigenvalue weighted by Gasteiger charge is -2.26. The van der Waals surface area contributed by atoms with Crippen molar-refractivity contribution in [3.05, 3.63) is 200 Å². The first-order chi connectivity index (χ1) is 24.8. The van der Waals surface area contributed by atoms with Crippen molar-refractivity contribution in [2.75, 3.05) is 4.90 Å². The number of para-hydroxylation sites is 1. The van der Waals surface area contributed by atoms with E-state index in [2.05, 4.69) is 205 Å². The van der Waals surface area contributed by atoms with Crippen LogP contribution < -0.4 is 4.90 Å². The summed E-state index contributed by atoms with van der Waals surface area (Å²) in [6.45, 7) is 0. The van der Waals surface area contributed by atoms with E-state index in [9.17, 15) is 0 Å². The van der Waals surface area contributed by atoms with Crippen LogP contribution in [0.25, 0.3) is 64.7 Å². The van der Waals surface area contributed by atoms with Gasteiger partial charge >= 0.3 is 0 Å². The predicted molar refractivity (Wildman–Crippen MR) is 216 cm³/mol. The van der Waals surface area contributed by atoms with E-state index in [0.717, 1.165) is 17.1 Å². The second kappa shape index (κ2) is 13.0. The van der Waals surface area contributed by atoms with E-state index in [1.807, 2.05) is 11.3 Å². The van der Waals surface area contributed by atoms with Gasteiger partial charge in [0.1, 0.15) is 0 Å². The van der Waals surface area contributed by atoms with Crippen molar-refractivity contribution in [1.29, 1.82) is 0 Å². The summed E-state index contributed by atoms with van der Waals surface area (Å²) < 4.78 is 2.65. The Bertz CT molecular complexity index is 2550. The zero-order valence-electron chi connectivity index (χ0n) is 27.4. The monoisotopic (exact) mass is 655 g/mol. The van der Waals surface area contributed by atoms with Crippen molar-refractivity contribution >= 4 is 48.6 Å². The van der Waals surface area contributed by atoms with Gasteiger partial charge in [0.25, 0.3) is 0 Å². The van der Waals surface area contributed by atoms with Gasteiger partial charge in [0.05, 0.1) is 0 Å². The number of fused-ring (bicyclic) bond motifs is 3. The Morgan fingerprint density at radius 3 is 1.48 bits per heavy atom. The van der Waals surface area contributed by atoms with E-state index in [0.29, 0.717) is 0 Å². The Balaban J connectivity index is 1.08. The molecule has 1 heterocycles. The van der Waals surface area contributed by atoms with Gasteiger partial charge < -0.3 is 4.90 Å². The molecular formula is C48H33NS. The average Bonchev–Trinajstić information content (AvgIpc) is 3.59. The van der Waals surface area contributed by atoms with Crippen LogP contribution in [-0.4, -0.2) is 0 Å². The summed E-state index contributed by atoms with van der Waals surface area (Å²) in [7, 11) is 0. The Morgan fingerprint density at radius 2 is 0.800 bits per heavy atom. The highest BCUT2D eigenvalue weighted by Gasteiger charge is 2.16. The van der Waals surface area contributed by atoms with Crippen molar-refractivity contribution < 1.29 is 0 Å². The highest BCUT2D eigenvalue weighted by atomic mass is 32.1. The predicted octanol–water partition coefficient (Wildman–Crippen LogP) is 14.2. The molecule has 0 saturated carbocycles. The van der Waals surface area contributed by atoms with Gasteiger partial charge in [-0.3, -0.25) is 0 Å². The van der Waals surface area contributed by atoms with Crippen molar-refractivity contribution in [2.24, 2.45) is 0 Å². The number of anilines is 3. The topological polar surface area (TPSA) is 3.24 Å². The molecule has 0 radical (unpaired) electrons. The maximum Gasteiger partial charge on any atom is 0.0462 e. The lowest BCUT2D eigenvalue weighted by molar-refractivity contribution is 1.28. The zero-order valence-corrected chi connectivity index (χ0v) is 28.2. The second-order valence-electron chi connectivity index (χ2n) is 12.5. The van der Waals surface area contributed by atoms with Crippen LogP contribution in [-0.2, 0) is 0 Å². The molecule has 0 aliphatic carbocycles. The van der Waals surface area contributed by atoms with E-state index in [4.69, 9.17) is 0 Å². The lowest BCUT2D eigenvalue weighted by atomic mass is 9.91. The minimum absolute atomic E-state index is 1.11. The minimum Gasteiger partial charge on any atom is -0.311 e. The molecule has 0 N–H and O–H groups in total. The molecule has 0 atom stereocenters. The molecule has 8 aromatic carbocycles. The molecule has 236 valence electrons. The molecule has 0 bridgehead atoms. The molecule has 1 aromatic heterocycles. The summed E-state index contributed by atoms with van der Waals surface area (Å²) in [5, 5.41) is 2.66. The number of benzene rings is 8. The van der Waals surface area contributed by atoms with E-state index in [-0.39, 0.29) is 0 Å². The molecule has 0 aliphatic rings. The quantitative estimate of drug-likeness (QED) is 0.165. The highest BCUT2D eigenvalue weighted by molar-refractivity contribution is 7.25. The summed E-state index contributed by atoms with van der Waals surface area (Å²) in [5.41, 5.74) is 13.1. The van der Waals surface area contributed by atoms with Crippen LogP contribution in [0.3, 0.4) is 0 Å². The number of nitrogens with zero attached hydrogens (tertiary/aromatic N) is 1. The number of hydrogen-bond acceptors (Lipinski definition) is 2. The Labute approximate surface area is 297 Å². The van der Waals surface area contributed by atoms with E-state index >= 15 is 0 Å². The van der Waals surface area contributed by atoms with Crippen LogP contribution in [0.15, 0.2) is 200 Å². The van der Waals surface area contributed by atoms with Gasteiger partial charge in [0.15, 0.2) is 0 Å². The van der Waals surface area contributed by atoms with Crippen LogP contribution in [0.5, 0.6) is 0 Å². The third kappa shape index (κ3) is 5.56. The molecule has 9 aromatic rings. The van der Waals surface area contributed by atoms with Crippen molar-refractivity contribution in [2.45, 2.75) is 0 Å². The SMILES string of the molecule is c1ccc(-c2ccc(-c3ccc(N(c4ccccc4)c4ccc(-c5cccc6sc7ccccc7c56)cc4)cc3)cc2-c2ccccc2)cc1. The maximum absolute atomic E-state index is 2.34. The normalized spacial score (nSPS) is 11.2. The summed E-state index contributed by atoms with van der Waals surface area (Å²) in [6, 6.07) is 72.2. The fraction of sp³-hybridized carbons (Fsp3) is 0. The second-order valence-corrected chi connectivity index (χ2v) is 13.6. The van der Waals surface area contributed by atoms with Gasteiger partial charge in [-0.15, -0.1) is 11.3 Å². The van der Waals surface area contributed by atoms with Crippen LogP contribution in [0, 0.1) is 0 Å². The third-order valence-corrected chi connectivity index (χ3v) is 10.6. The standard InChI is InChI=1S/C48H33NS/c1-4-13-35(14-5-1)42-32-27-38(33-45(42)36-15-6-2-7-16-36)34-23-28-40(29-24-34)49(39-17-8-3-9-18-39)41-30-25-37(26-31-41)43-20-12-22-47-48(43)44-19-10-11-21-46(44)50-47/h1-33H. The van der Waals surface area contributed by atoms with Crippen LogP contribution in [0.1, 0.15) is 0 Å². The smallest absolute Gasteiger partial charge is 0.0462 e. The Kier molecular flexibility index (Phi) is 7.77.